The number of nitrogens with zero attached hydrogens (tertiary/aromatic N) is 2. The Morgan fingerprint density at radius 1 is 1.19 bits per heavy atom. The predicted octanol–water partition coefficient (Wildman–Crippen LogP) is 3.22. The summed E-state index contributed by atoms with van der Waals surface area (Å²) in [5, 5.41) is 0. The van der Waals surface area contributed by atoms with Gasteiger partial charge in [-0.3, -0.25) is 9.78 Å². The lowest BCUT2D eigenvalue weighted by atomic mass is 9.96. The van der Waals surface area contributed by atoms with Gasteiger partial charge in [0.1, 0.15) is 0 Å². The van der Waals surface area contributed by atoms with Crippen molar-refractivity contribution < 1.29 is 14.3 Å². The molecule has 1 aliphatic carbocycles. The van der Waals surface area contributed by atoms with Gasteiger partial charge < -0.3 is 14.4 Å². The summed E-state index contributed by atoms with van der Waals surface area (Å²) in [5.74, 6) is 1.93. The van der Waals surface area contributed by atoms with Gasteiger partial charge in [-0.25, -0.2) is 0 Å². The molecule has 5 nitrogen and oxygen atoms in total. The second-order valence-corrected chi connectivity index (χ2v) is 6.77. The van der Waals surface area contributed by atoms with E-state index >= 15 is 0 Å². The molecule has 5 heteroatoms. The Bertz CT molecular complexity index is 761. The molecule has 0 saturated heterocycles. The van der Waals surface area contributed by atoms with E-state index in [1.807, 2.05) is 36.2 Å². The average molecular weight is 354 g/mol. The molecule has 1 atom stereocenters. The molecule has 1 aromatic heterocycles. The van der Waals surface area contributed by atoms with Gasteiger partial charge in [-0.05, 0) is 66.1 Å². The highest BCUT2D eigenvalue weighted by Gasteiger charge is 2.27. The second-order valence-electron chi connectivity index (χ2n) is 6.77. The number of fused-ring (bicyclic) bond motifs is 1. The summed E-state index contributed by atoms with van der Waals surface area (Å²) >= 11 is 0. The predicted molar refractivity (Wildman–Crippen MR) is 101 cm³/mol. The largest absolute Gasteiger partial charge is 0.493 e. The monoisotopic (exact) mass is 354 g/mol. The Labute approximate surface area is 155 Å². The summed E-state index contributed by atoms with van der Waals surface area (Å²) in [6.07, 6.45) is 6.93. The summed E-state index contributed by atoms with van der Waals surface area (Å²) in [6, 6.07) is 8.07. The first-order valence-electron chi connectivity index (χ1n) is 9.00. The van der Waals surface area contributed by atoms with E-state index in [0.717, 1.165) is 30.8 Å². The van der Waals surface area contributed by atoms with Crippen molar-refractivity contribution in [3.05, 3.63) is 53.3 Å². The van der Waals surface area contributed by atoms with Crippen molar-refractivity contribution in [3.8, 4) is 11.5 Å². The number of rotatable bonds is 7. The lowest BCUT2D eigenvalue weighted by Gasteiger charge is -2.20. The van der Waals surface area contributed by atoms with Crippen LogP contribution < -0.4 is 9.47 Å². The lowest BCUT2D eigenvalue weighted by Crippen LogP contribution is -2.29. The molecule has 3 rings (SSSR count). The summed E-state index contributed by atoms with van der Waals surface area (Å²) in [6.45, 7) is 0.717. The number of ether oxygens (including phenoxy) is 2. The zero-order valence-corrected chi connectivity index (χ0v) is 15.7. The third kappa shape index (κ3) is 3.98. The van der Waals surface area contributed by atoms with Crippen LogP contribution in [0.5, 0.6) is 11.5 Å². The molecule has 1 unspecified atom stereocenters. The van der Waals surface area contributed by atoms with Gasteiger partial charge in [-0.1, -0.05) is 0 Å². The summed E-state index contributed by atoms with van der Waals surface area (Å²) in [4.78, 5) is 18.5. The molecular formula is C21H26N2O3. The lowest BCUT2D eigenvalue weighted by molar-refractivity contribution is -0.130. The number of aryl methyl sites for hydroxylation is 1. The average Bonchev–Trinajstić information content (AvgIpc) is 3.07. The number of carbonyl (C=O) groups is 1. The van der Waals surface area contributed by atoms with Crippen LogP contribution in [0, 0.1) is 0 Å². The molecule has 1 amide bonds. The third-order valence-electron chi connectivity index (χ3n) is 5.18. The van der Waals surface area contributed by atoms with Gasteiger partial charge in [0.05, 0.1) is 14.2 Å². The van der Waals surface area contributed by atoms with Crippen molar-refractivity contribution in [2.75, 3.05) is 27.8 Å². The molecule has 26 heavy (non-hydrogen) atoms. The minimum absolute atomic E-state index is 0.187. The Morgan fingerprint density at radius 2 is 1.88 bits per heavy atom. The number of amides is 1. The van der Waals surface area contributed by atoms with E-state index in [9.17, 15) is 4.79 Å². The van der Waals surface area contributed by atoms with Crippen molar-refractivity contribution in [2.45, 2.75) is 31.6 Å². The van der Waals surface area contributed by atoms with Gasteiger partial charge in [-0.15, -0.1) is 0 Å². The molecule has 0 fully saturated rings. The Balaban J connectivity index is 1.62. The molecule has 0 spiro atoms. The molecule has 1 aliphatic rings. The second kappa shape index (κ2) is 8.21. The van der Waals surface area contributed by atoms with Crippen molar-refractivity contribution in [2.24, 2.45) is 0 Å². The fraction of sp³-hybridized carbons (Fsp3) is 0.429. The number of aromatic nitrogens is 1. The van der Waals surface area contributed by atoms with E-state index in [1.165, 1.54) is 16.7 Å². The molecule has 0 bridgehead atoms. The van der Waals surface area contributed by atoms with Crippen molar-refractivity contribution in [3.63, 3.8) is 0 Å². The van der Waals surface area contributed by atoms with E-state index in [4.69, 9.17) is 9.47 Å². The van der Waals surface area contributed by atoms with Gasteiger partial charge in [0.25, 0.3) is 0 Å². The van der Waals surface area contributed by atoms with E-state index < -0.39 is 0 Å². The van der Waals surface area contributed by atoms with Gasteiger partial charge in [0.2, 0.25) is 5.91 Å². The molecule has 0 saturated carbocycles. The zero-order valence-electron chi connectivity index (χ0n) is 15.7. The van der Waals surface area contributed by atoms with Gasteiger partial charge in [0, 0.05) is 32.4 Å². The molecule has 1 heterocycles. The van der Waals surface area contributed by atoms with Crippen molar-refractivity contribution in [1.82, 2.24) is 9.88 Å². The van der Waals surface area contributed by atoms with E-state index in [0.29, 0.717) is 13.0 Å². The maximum absolute atomic E-state index is 12.7. The van der Waals surface area contributed by atoms with Crippen LogP contribution in [0.3, 0.4) is 0 Å². The first-order valence-corrected chi connectivity index (χ1v) is 9.00. The fourth-order valence-electron chi connectivity index (χ4n) is 3.57. The molecule has 0 radical (unpaired) electrons. The Kier molecular flexibility index (Phi) is 5.76. The van der Waals surface area contributed by atoms with Crippen molar-refractivity contribution in [1.29, 1.82) is 0 Å². The molecular weight excluding hydrogens is 328 g/mol. The van der Waals surface area contributed by atoms with Crippen LogP contribution in [0.2, 0.25) is 0 Å². The van der Waals surface area contributed by atoms with Crippen LogP contribution in [-0.4, -0.2) is 43.6 Å². The minimum Gasteiger partial charge on any atom is -0.493 e. The molecule has 0 N–H and O–H groups in total. The fourth-order valence-corrected chi connectivity index (χ4v) is 3.57. The van der Waals surface area contributed by atoms with Crippen LogP contribution in [0.4, 0.5) is 0 Å². The van der Waals surface area contributed by atoms with E-state index in [1.54, 1.807) is 26.6 Å². The summed E-state index contributed by atoms with van der Waals surface area (Å²) < 4.78 is 10.8. The quantitative estimate of drug-likeness (QED) is 0.766. The van der Waals surface area contributed by atoms with Crippen molar-refractivity contribution >= 4 is 5.91 Å². The van der Waals surface area contributed by atoms with Crippen LogP contribution in [0.15, 0.2) is 36.7 Å². The van der Waals surface area contributed by atoms with Crippen LogP contribution in [-0.2, 0) is 17.6 Å². The number of pyridine rings is 1. The SMILES string of the molecule is COc1cc2c(cc1OC)C(CC(=O)N(C)CCc1ccncc1)CC2. The number of likely N-dealkylation sites (N-methyl/N-ethyl adjacent to an activating group) is 1. The Morgan fingerprint density at radius 3 is 2.58 bits per heavy atom. The van der Waals surface area contributed by atoms with Gasteiger partial charge in [-0.2, -0.15) is 0 Å². The number of benzene rings is 1. The highest BCUT2D eigenvalue weighted by molar-refractivity contribution is 5.77. The summed E-state index contributed by atoms with van der Waals surface area (Å²) in [7, 11) is 5.18. The van der Waals surface area contributed by atoms with Crippen LogP contribution >= 0.6 is 0 Å². The standard InChI is InChI=1S/C21H26N2O3/c1-23(11-8-15-6-9-22-10-7-15)21(24)13-17-5-4-16-12-19(25-2)20(26-3)14-18(16)17/h6-7,9-10,12,14,17H,4-5,8,11,13H2,1-3H3. The number of hydrogen-bond acceptors (Lipinski definition) is 4. The molecule has 0 aliphatic heterocycles. The molecule has 1 aromatic carbocycles. The number of carbonyl (C=O) groups excluding carboxylic acids is 1. The van der Waals surface area contributed by atoms with Gasteiger partial charge in [0.15, 0.2) is 11.5 Å². The number of hydrogen-bond donors (Lipinski definition) is 0. The van der Waals surface area contributed by atoms with Gasteiger partial charge >= 0.3 is 0 Å². The zero-order chi connectivity index (χ0) is 18.5. The first-order chi connectivity index (χ1) is 12.6. The van der Waals surface area contributed by atoms with Crippen LogP contribution in [0.25, 0.3) is 0 Å². The first kappa shape index (κ1) is 18.2. The van der Waals surface area contributed by atoms with E-state index in [-0.39, 0.29) is 11.8 Å². The smallest absolute Gasteiger partial charge is 0.222 e. The normalized spacial score (nSPS) is 15.4. The third-order valence-corrected chi connectivity index (χ3v) is 5.18. The maximum atomic E-state index is 12.7. The number of methoxy groups -OCH3 is 2. The minimum atomic E-state index is 0.187. The summed E-state index contributed by atoms with van der Waals surface area (Å²) in [5.41, 5.74) is 3.68. The highest BCUT2D eigenvalue weighted by Crippen LogP contribution is 2.41. The maximum Gasteiger partial charge on any atom is 0.222 e. The molecule has 2 aromatic rings. The topological polar surface area (TPSA) is 51.7 Å². The highest BCUT2D eigenvalue weighted by atomic mass is 16.5. The Hall–Kier alpha value is -2.56. The van der Waals surface area contributed by atoms with Crippen LogP contribution in [0.1, 0.15) is 35.4 Å². The molecule has 138 valence electrons. The van der Waals surface area contributed by atoms with E-state index in [2.05, 4.69) is 4.98 Å².